The van der Waals surface area contributed by atoms with Gasteiger partial charge in [-0.3, -0.25) is 24.3 Å². The van der Waals surface area contributed by atoms with Gasteiger partial charge in [-0.1, -0.05) is 54.2 Å². The molecule has 0 radical (unpaired) electrons. The molecule has 0 saturated heterocycles. The first-order valence-corrected chi connectivity index (χ1v) is 10.3. The van der Waals surface area contributed by atoms with E-state index in [9.17, 15) is 19.7 Å². The zero-order valence-corrected chi connectivity index (χ0v) is 16.9. The fourth-order valence-electron chi connectivity index (χ4n) is 3.07. The van der Waals surface area contributed by atoms with Crippen LogP contribution in [0, 0.1) is 10.1 Å². The highest BCUT2D eigenvalue weighted by Crippen LogP contribution is 2.25. The summed E-state index contributed by atoms with van der Waals surface area (Å²) in [5.41, 5.74) is 0.850. The average molecular weight is 432 g/mol. The second-order valence-electron chi connectivity index (χ2n) is 6.50. The molecule has 1 aromatic heterocycles. The Labute approximate surface area is 180 Å². The minimum Gasteiger partial charge on any atom is -0.320 e. The summed E-state index contributed by atoms with van der Waals surface area (Å²) in [4.78, 5) is 40.8. The lowest BCUT2D eigenvalue weighted by atomic mass is 10.2. The summed E-state index contributed by atoms with van der Waals surface area (Å²) in [6, 6.07) is 22.0. The molecule has 9 heteroatoms. The number of para-hydroxylation sites is 4. The first-order valence-electron chi connectivity index (χ1n) is 9.28. The van der Waals surface area contributed by atoms with Gasteiger partial charge in [0.15, 0.2) is 5.16 Å². The van der Waals surface area contributed by atoms with Gasteiger partial charge in [0.2, 0.25) is 5.91 Å². The Balaban J connectivity index is 1.65. The molecule has 31 heavy (non-hydrogen) atoms. The molecule has 0 bridgehead atoms. The maximum atomic E-state index is 13.1. The number of nitrogens with one attached hydrogen (secondary N) is 1. The molecule has 0 aliphatic rings. The van der Waals surface area contributed by atoms with E-state index in [1.54, 1.807) is 42.5 Å². The summed E-state index contributed by atoms with van der Waals surface area (Å²) in [5, 5.41) is 14.5. The molecular weight excluding hydrogens is 416 g/mol. The number of hydrogen-bond acceptors (Lipinski definition) is 6. The zero-order chi connectivity index (χ0) is 21.8. The molecule has 4 aromatic rings. The van der Waals surface area contributed by atoms with Gasteiger partial charge in [-0.2, -0.15) is 0 Å². The third-order valence-electron chi connectivity index (χ3n) is 4.47. The Bertz CT molecular complexity index is 1340. The summed E-state index contributed by atoms with van der Waals surface area (Å²) in [6.45, 7) is 0. The van der Waals surface area contributed by atoms with Crippen LogP contribution in [-0.4, -0.2) is 26.1 Å². The van der Waals surface area contributed by atoms with Gasteiger partial charge in [0.1, 0.15) is 5.69 Å². The van der Waals surface area contributed by atoms with Crippen LogP contribution >= 0.6 is 11.8 Å². The second-order valence-corrected chi connectivity index (χ2v) is 7.44. The normalized spacial score (nSPS) is 10.7. The molecule has 1 N–H and O–H groups in total. The molecule has 1 heterocycles. The van der Waals surface area contributed by atoms with Gasteiger partial charge in [-0.15, -0.1) is 0 Å². The number of nitro groups is 1. The van der Waals surface area contributed by atoms with Crippen molar-refractivity contribution in [2.75, 3.05) is 11.1 Å². The van der Waals surface area contributed by atoms with E-state index in [2.05, 4.69) is 10.3 Å². The quantitative estimate of drug-likeness (QED) is 0.213. The predicted octanol–water partition coefficient (Wildman–Crippen LogP) is 4.02. The Morgan fingerprint density at radius 3 is 2.45 bits per heavy atom. The fraction of sp³-hybridized carbons (Fsp3) is 0.0455. The van der Waals surface area contributed by atoms with E-state index in [1.807, 2.05) is 18.2 Å². The maximum Gasteiger partial charge on any atom is 0.292 e. The van der Waals surface area contributed by atoms with Gasteiger partial charge < -0.3 is 5.32 Å². The largest absolute Gasteiger partial charge is 0.320 e. The first-order chi connectivity index (χ1) is 15.0. The number of amides is 1. The topological polar surface area (TPSA) is 107 Å². The van der Waals surface area contributed by atoms with Gasteiger partial charge in [0.05, 0.1) is 27.3 Å². The molecule has 0 unspecified atom stereocenters. The number of hydrogen-bond donors (Lipinski definition) is 1. The SMILES string of the molecule is O=C(CSc1nc2ccccc2c(=O)n1-c1ccccc1)Nc1ccccc1[N+](=O)[O-]. The van der Waals surface area contributed by atoms with Gasteiger partial charge in [0, 0.05) is 6.07 Å². The van der Waals surface area contributed by atoms with Crippen molar-refractivity contribution in [3.8, 4) is 5.69 Å². The molecule has 0 spiro atoms. The van der Waals surface area contributed by atoms with Crippen LogP contribution in [0.25, 0.3) is 16.6 Å². The summed E-state index contributed by atoms with van der Waals surface area (Å²) in [5.74, 6) is -0.523. The Morgan fingerprint density at radius 1 is 1.00 bits per heavy atom. The Morgan fingerprint density at radius 2 is 1.68 bits per heavy atom. The van der Waals surface area contributed by atoms with Crippen molar-refractivity contribution in [1.82, 2.24) is 9.55 Å². The number of aromatic nitrogens is 2. The van der Waals surface area contributed by atoms with E-state index in [-0.39, 0.29) is 22.7 Å². The molecule has 0 atom stereocenters. The van der Waals surface area contributed by atoms with Crippen LogP contribution in [0.15, 0.2) is 88.8 Å². The Hall–Kier alpha value is -3.98. The number of thioether (sulfide) groups is 1. The standard InChI is InChI=1S/C22H16N4O4S/c27-20(23-18-12-6-7-13-19(18)26(29)30)14-31-22-24-17-11-5-4-10-16(17)21(28)25(22)15-8-2-1-3-9-15/h1-13H,14H2,(H,23,27). The van der Waals surface area contributed by atoms with Crippen molar-refractivity contribution in [1.29, 1.82) is 0 Å². The fourth-order valence-corrected chi connectivity index (χ4v) is 3.88. The highest BCUT2D eigenvalue weighted by molar-refractivity contribution is 7.99. The lowest BCUT2D eigenvalue weighted by molar-refractivity contribution is -0.383. The lowest BCUT2D eigenvalue weighted by Gasteiger charge is -2.13. The average Bonchev–Trinajstić information content (AvgIpc) is 2.78. The second kappa shape index (κ2) is 8.80. The summed E-state index contributed by atoms with van der Waals surface area (Å²) in [7, 11) is 0. The van der Waals surface area contributed by atoms with Crippen molar-refractivity contribution in [2.24, 2.45) is 0 Å². The molecule has 0 saturated carbocycles. The third kappa shape index (κ3) is 4.31. The smallest absolute Gasteiger partial charge is 0.292 e. The zero-order valence-electron chi connectivity index (χ0n) is 16.1. The molecule has 0 aliphatic carbocycles. The van der Waals surface area contributed by atoms with E-state index >= 15 is 0 Å². The molecule has 0 fully saturated rings. The minimum atomic E-state index is -0.555. The maximum absolute atomic E-state index is 13.1. The van der Waals surface area contributed by atoms with Gasteiger partial charge in [-0.25, -0.2) is 4.98 Å². The monoisotopic (exact) mass is 432 g/mol. The number of fused-ring (bicyclic) bond motifs is 1. The van der Waals surface area contributed by atoms with Crippen LogP contribution in [-0.2, 0) is 4.79 Å². The summed E-state index contributed by atoms with van der Waals surface area (Å²) >= 11 is 1.08. The van der Waals surface area contributed by atoms with E-state index in [0.29, 0.717) is 21.7 Å². The van der Waals surface area contributed by atoms with Crippen molar-refractivity contribution < 1.29 is 9.72 Å². The molecule has 3 aromatic carbocycles. The third-order valence-corrected chi connectivity index (χ3v) is 5.41. The minimum absolute atomic E-state index is 0.0797. The van der Waals surface area contributed by atoms with Gasteiger partial charge in [0.25, 0.3) is 11.2 Å². The van der Waals surface area contributed by atoms with Crippen LogP contribution in [0.4, 0.5) is 11.4 Å². The molecule has 0 aliphatic heterocycles. The van der Waals surface area contributed by atoms with Crippen LogP contribution in [0.1, 0.15) is 0 Å². The lowest BCUT2D eigenvalue weighted by Crippen LogP contribution is -2.23. The molecule has 1 amide bonds. The van der Waals surface area contributed by atoms with Crippen molar-refractivity contribution in [3.63, 3.8) is 0 Å². The first kappa shape index (κ1) is 20.3. The van der Waals surface area contributed by atoms with E-state index in [1.165, 1.54) is 22.8 Å². The number of anilines is 1. The number of rotatable bonds is 6. The van der Waals surface area contributed by atoms with Gasteiger partial charge >= 0.3 is 0 Å². The Kier molecular flexibility index (Phi) is 5.76. The van der Waals surface area contributed by atoms with Crippen LogP contribution in [0.2, 0.25) is 0 Å². The molecule has 154 valence electrons. The van der Waals surface area contributed by atoms with Crippen LogP contribution < -0.4 is 10.9 Å². The molecule has 8 nitrogen and oxygen atoms in total. The van der Waals surface area contributed by atoms with E-state index in [0.717, 1.165) is 11.8 Å². The highest BCUT2D eigenvalue weighted by Gasteiger charge is 2.17. The number of nitro benzene ring substituents is 1. The number of carbonyl (C=O) groups is 1. The van der Waals surface area contributed by atoms with Crippen LogP contribution in [0.3, 0.4) is 0 Å². The van der Waals surface area contributed by atoms with Gasteiger partial charge in [-0.05, 0) is 30.3 Å². The van der Waals surface area contributed by atoms with E-state index < -0.39 is 10.8 Å². The number of nitrogens with zero attached hydrogens (tertiary/aromatic N) is 3. The highest BCUT2D eigenvalue weighted by atomic mass is 32.2. The summed E-state index contributed by atoms with van der Waals surface area (Å²) < 4.78 is 1.46. The number of benzene rings is 3. The van der Waals surface area contributed by atoms with Crippen molar-refractivity contribution in [3.05, 3.63) is 99.3 Å². The number of carbonyl (C=O) groups excluding carboxylic acids is 1. The van der Waals surface area contributed by atoms with Crippen molar-refractivity contribution in [2.45, 2.75) is 5.16 Å². The molecule has 4 rings (SSSR count). The van der Waals surface area contributed by atoms with Crippen LogP contribution in [0.5, 0.6) is 0 Å². The molecular formula is C22H16N4O4S. The van der Waals surface area contributed by atoms with E-state index in [4.69, 9.17) is 0 Å². The summed E-state index contributed by atoms with van der Waals surface area (Å²) in [6.07, 6.45) is 0. The predicted molar refractivity (Wildman–Crippen MR) is 120 cm³/mol. The van der Waals surface area contributed by atoms with Crippen molar-refractivity contribution >= 4 is 39.9 Å².